The molecule has 0 atom stereocenters. The summed E-state index contributed by atoms with van der Waals surface area (Å²) < 4.78 is 39.4. The van der Waals surface area contributed by atoms with Gasteiger partial charge in [-0.2, -0.15) is 0 Å². The van der Waals surface area contributed by atoms with Crippen molar-refractivity contribution in [1.29, 1.82) is 0 Å². The average Bonchev–Trinajstić information content (AvgIpc) is 2.09. The number of nitrogens with one attached hydrogen (secondary N) is 1. The summed E-state index contributed by atoms with van der Waals surface area (Å²) in [6.07, 6.45) is -5.51. The third-order valence-corrected chi connectivity index (χ3v) is 2.77. The maximum Gasteiger partial charge on any atom is 0.574 e. The molecule has 1 aromatic rings. The van der Waals surface area contributed by atoms with Gasteiger partial charge in [0, 0.05) is 6.07 Å². The molecule has 0 radical (unpaired) electrons. The molecule has 0 saturated carbocycles. The van der Waals surface area contributed by atoms with Gasteiger partial charge in [0.05, 0.1) is 9.99 Å². The molecule has 2 N–H and O–H groups in total. The van der Waals surface area contributed by atoms with Crippen LogP contribution >= 0.6 is 22.6 Å². The lowest BCUT2D eigenvalue weighted by molar-refractivity contribution is -0.276. The van der Waals surface area contributed by atoms with E-state index in [1.54, 1.807) is 0 Å². The first-order valence-electron chi connectivity index (χ1n) is 4.08. The minimum Gasteiger partial charge on any atom is -0.481 e. The van der Waals surface area contributed by atoms with E-state index in [-0.39, 0.29) is 9.13 Å². The molecule has 0 aromatic carbocycles. The van der Waals surface area contributed by atoms with Gasteiger partial charge in [0.15, 0.2) is 0 Å². The summed E-state index contributed by atoms with van der Waals surface area (Å²) in [5.74, 6) is -2.06. The van der Waals surface area contributed by atoms with E-state index in [2.05, 4.69) is 4.74 Å². The number of halogens is 4. The molecule has 0 aliphatic heterocycles. The van der Waals surface area contributed by atoms with E-state index < -0.39 is 30.2 Å². The first kappa shape index (κ1) is 13.8. The molecule has 0 saturated heterocycles. The summed E-state index contributed by atoms with van der Waals surface area (Å²) in [6, 6.07) is 0.916. The number of aromatic nitrogens is 1. The van der Waals surface area contributed by atoms with E-state index in [9.17, 15) is 22.8 Å². The van der Waals surface area contributed by atoms with Gasteiger partial charge in [0.2, 0.25) is 5.88 Å². The SMILES string of the molecule is O=C(O)Cc1cc(=O)[nH]c(OC(F)(F)F)c1I. The second-order valence-electron chi connectivity index (χ2n) is 2.92. The van der Waals surface area contributed by atoms with Crippen LogP contribution in [0.1, 0.15) is 5.56 Å². The molecular formula is C8H5F3INO4. The molecular weight excluding hydrogens is 358 g/mol. The Morgan fingerprint density at radius 2 is 2.12 bits per heavy atom. The highest BCUT2D eigenvalue weighted by Crippen LogP contribution is 2.26. The van der Waals surface area contributed by atoms with E-state index >= 15 is 0 Å². The van der Waals surface area contributed by atoms with Crippen LogP contribution in [-0.4, -0.2) is 22.4 Å². The third-order valence-electron chi connectivity index (χ3n) is 1.58. The summed E-state index contributed by atoms with van der Waals surface area (Å²) >= 11 is 1.47. The molecule has 0 fully saturated rings. The molecule has 1 rings (SSSR count). The zero-order valence-electron chi connectivity index (χ0n) is 7.97. The molecule has 1 aromatic heterocycles. The number of carbonyl (C=O) groups is 1. The molecule has 0 unspecified atom stereocenters. The largest absolute Gasteiger partial charge is 0.574 e. The topological polar surface area (TPSA) is 79.4 Å². The van der Waals surface area contributed by atoms with Crippen LogP contribution < -0.4 is 10.3 Å². The van der Waals surface area contributed by atoms with Gasteiger partial charge < -0.3 is 9.84 Å². The number of rotatable bonds is 3. The maximum absolute atomic E-state index is 12.0. The Hall–Kier alpha value is -1.26. The third kappa shape index (κ3) is 4.24. The monoisotopic (exact) mass is 363 g/mol. The van der Waals surface area contributed by atoms with Gasteiger partial charge in [-0.25, -0.2) is 0 Å². The number of carboxylic acid groups (broad SMARTS) is 1. The summed E-state index contributed by atoms with van der Waals surface area (Å²) in [6.45, 7) is 0. The molecule has 5 nitrogen and oxygen atoms in total. The van der Waals surface area contributed by atoms with E-state index in [1.807, 2.05) is 4.98 Å². The van der Waals surface area contributed by atoms with Crippen molar-refractivity contribution in [3.63, 3.8) is 0 Å². The Morgan fingerprint density at radius 1 is 1.53 bits per heavy atom. The Kier molecular flexibility index (Phi) is 4.01. The van der Waals surface area contributed by atoms with Crippen molar-refractivity contribution in [1.82, 2.24) is 4.98 Å². The van der Waals surface area contributed by atoms with Crippen LogP contribution in [-0.2, 0) is 11.2 Å². The lowest BCUT2D eigenvalue weighted by atomic mass is 10.2. The number of pyridine rings is 1. The minimum absolute atomic E-state index is 0.0406. The zero-order chi connectivity index (χ0) is 13.2. The van der Waals surface area contributed by atoms with Gasteiger partial charge in [-0.05, 0) is 28.2 Å². The number of alkyl halides is 3. The van der Waals surface area contributed by atoms with Crippen LogP contribution in [0.15, 0.2) is 10.9 Å². The Balaban J connectivity index is 3.19. The van der Waals surface area contributed by atoms with E-state index in [0.717, 1.165) is 6.07 Å². The summed E-state index contributed by atoms with van der Waals surface area (Å²) in [5.41, 5.74) is -0.901. The highest BCUT2D eigenvalue weighted by molar-refractivity contribution is 14.1. The molecule has 9 heteroatoms. The highest BCUT2D eigenvalue weighted by atomic mass is 127. The van der Waals surface area contributed by atoms with Crippen LogP contribution in [0.5, 0.6) is 5.88 Å². The normalized spacial score (nSPS) is 11.3. The molecule has 94 valence electrons. The van der Waals surface area contributed by atoms with Gasteiger partial charge >= 0.3 is 12.3 Å². The van der Waals surface area contributed by atoms with Gasteiger partial charge in [-0.1, -0.05) is 0 Å². The lowest BCUT2D eigenvalue weighted by Gasteiger charge is -2.11. The van der Waals surface area contributed by atoms with Crippen molar-refractivity contribution in [3.05, 3.63) is 25.6 Å². The summed E-state index contributed by atoms with van der Waals surface area (Å²) in [4.78, 5) is 23.3. The predicted molar refractivity (Wildman–Crippen MR) is 57.8 cm³/mol. The van der Waals surface area contributed by atoms with Crippen LogP contribution in [0.2, 0.25) is 0 Å². The van der Waals surface area contributed by atoms with Crippen molar-refractivity contribution < 1.29 is 27.8 Å². The first-order valence-corrected chi connectivity index (χ1v) is 5.16. The van der Waals surface area contributed by atoms with Crippen molar-refractivity contribution in [2.45, 2.75) is 12.8 Å². The molecule has 1 heterocycles. The van der Waals surface area contributed by atoms with E-state index in [0.29, 0.717) is 0 Å². The van der Waals surface area contributed by atoms with Crippen molar-refractivity contribution in [2.24, 2.45) is 0 Å². The van der Waals surface area contributed by atoms with Crippen molar-refractivity contribution in [3.8, 4) is 5.88 Å². The maximum atomic E-state index is 12.0. The highest BCUT2D eigenvalue weighted by Gasteiger charge is 2.33. The second-order valence-corrected chi connectivity index (χ2v) is 4.00. The number of aliphatic carboxylic acids is 1. The number of hydrogen-bond acceptors (Lipinski definition) is 3. The smallest absolute Gasteiger partial charge is 0.481 e. The van der Waals surface area contributed by atoms with Crippen molar-refractivity contribution >= 4 is 28.6 Å². The van der Waals surface area contributed by atoms with Gasteiger partial charge in [-0.15, -0.1) is 13.2 Å². The molecule has 17 heavy (non-hydrogen) atoms. The number of aromatic amines is 1. The standard InChI is InChI=1S/C8H5F3INO4/c9-8(10,11)17-7-6(12)3(2-5(15)16)1-4(14)13-7/h1H,2H2,(H,13,14)(H,15,16). The Labute approximate surface area is 106 Å². The number of ether oxygens (including phenoxy) is 1. The molecule has 0 spiro atoms. The quantitative estimate of drug-likeness (QED) is 0.798. The Morgan fingerprint density at radius 3 is 2.59 bits per heavy atom. The van der Waals surface area contributed by atoms with E-state index in [1.165, 1.54) is 22.6 Å². The average molecular weight is 363 g/mol. The fraction of sp³-hybridized carbons (Fsp3) is 0.250. The fourth-order valence-electron chi connectivity index (χ4n) is 1.05. The fourth-order valence-corrected chi connectivity index (χ4v) is 1.64. The van der Waals surface area contributed by atoms with Gasteiger partial charge in [0.1, 0.15) is 0 Å². The molecule has 0 amide bonds. The Bertz CT molecular complexity index is 497. The minimum atomic E-state index is -4.95. The lowest BCUT2D eigenvalue weighted by Crippen LogP contribution is -2.22. The zero-order valence-corrected chi connectivity index (χ0v) is 10.1. The molecule has 0 aliphatic rings. The summed E-state index contributed by atoms with van der Waals surface area (Å²) in [7, 11) is 0. The van der Waals surface area contributed by atoms with Gasteiger partial charge in [-0.3, -0.25) is 14.6 Å². The van der Waals surface area contributed by atoms with Crippen LogP contribution in [0.25, 0.3) is 0 Å². The van der Waals surface area contributed by atoms with E-state index in [4.69, 9.17) is 5.11 Å². The second kappa shape index (κ2) is 4.94. The number of carboxylic acids is 1. The molecule has 0 bridgehead atoms. The summed E-state index contributed by atoms with van der Waals surface area (Å²) in [5, 5.41) is 8.53. The van der Waals surface area contributed by atoms with Gasteiger partial charge in [0.25, 0.3) is 5.56 Å². The van der Waals surface area contributed by atoms with Crippen LogP contribution in [0.3, 0.4) is 0 Å². The van der Waals surface area contributed by atoms with Crippen molar-refractivity contribution in [2.75, 3.05) is 0 Å². The number of hydrogen-bond donors (Lipinski definition) is 2. The predicted octanol–water partition coefficient (Wildman–Crippen LogP) is 1.51. The van der Waals surface area contributed by atoms with Crippen LogP contribution in [0.4, 0.5) is 13.2 Å². The molecule has 0 aliphatic carbocycles. The first-order chi connectivity index (χ1) is 7.69. The number of H-pyrrole nitrogens is 1. The van der Waals surface area contributed by atoms with Crippen LogP contribution in [0, 0.1) is 3.57 Å².